The Morgan fingerprint density at radius 2 is 0.481 bits per heavy atom. The third-order valence-corrected chi connectivity index (χ3v) is 14.7. The van der Waals surface area contributed by atoms with Gasteiger partial charge in [-0.2, -0.15) is 0 Å². The topological polar surface area (TPSA) is 78.9 Å². The highest BCUT2D eigenvalue weighted by atomic mass is 16.6. The normalized spacial score (nSPS) is 12.8. The monoisotopic (exact) mass is 1120 g/mol. The van der Waals surface area contributed by atoms with Crippen LogP contribution in [0.5, 0.6) is 0 Å². The van der Waals surface area contributed by atoms with Crippen LogP contribution in [0.4, 0.5) is 0 Å². The van der Waals surface area contributed by atoms with Crippen molar-refractivity contribution in [3.8, 4) is 0 Å². The van der Waals surface area contributed by atoms with Gasteiger partial charge in [0.1, 0.15) is 13.2 Å². The maximum Gasteiger partial charge on any atom is 0.306 e. The molecule has 6 nitrogen and oxygen atoms in total. The van der Waals surface area contributed by atoms with Gasteiger partial charge in [-0.25, -0.2) is 0 Å². The van der Waals surface area contributed by atoms with Gasteiger partial charge in [-0.3, -0.25) is 14.4 Å². The molecule has 1 atom stereocenters. The minimum absolute atomic E-state index is 0.0886. The van der Waals surface area contributed by atoms with Gasteiger partial charge >= 0.3 is 17.9 Å². The lowest BCUT2D eigenvalue weighted by atomic mass is 10.0. The van der Waals surface area contributed by atoms with Crippen molar-refractivity contribution in [1.82, 2.24) is 0 Å². The highest BCUT2D eigenvalue weighted by Gasteiger charge is 2.19. The summed E-state index contributed by atoms with van der Waals surface area (Å²) in [7, 11) is 0. The second kappa shape index (κ2) is 68.6. The summed E-state index contributed by atoms with van der Waals surface area (Å²) in [5.41, 5.74) is 0. The van der Waals surface area contributed by atoms with E-state index < -0.39 is 6.10 Å². The quantitative estimate of drug-likeness (QED) is 0.0261. The molecule has 0 aliphatic rings. The van der Waals surface area contributed by atoms with Crippen LogP contribution in [0.25, 0.3) is 0 Å². The van der Waals surface area contributed by atoms with Crippen molar-refractivity contribution in [3.63, 3.8) is 0 Å². The number of hydrogen-bond acceptors (Lipinski definition) is 6. The van der Waals surface area contributed by atoms with E-state index in [0.717, 1.165) is 116 Å². The van der Waals surface area contributed by atoms with Gasteiger partial charge in [0.15, 0.2) is 6.10 Å². The van der Waals surface area contributed by atoms with E-state index in [1.54, 1.807) is 0 Å². The van der Waals surface area contributed by atoms with Crippen molar-refractivity contribution in [2.45, 2.75) is 335 Å². The molecule has 0 rings (SSSR count). The van der Waals surface area contributed by atoms with Crippen LogP contribution in [-0.4, -0.2) is 37.2 Å². The number of allylic oxidation sites excluding steroid dienone is 18. The zero-order valence-corrected chi connectivity index (χ0v) is 53.3. The largest absolute Gasteiger partial charge is 0.462 e. The molecule has 6 heteroatoms. The first kappa shape index (κ1) is 77.1. The minimum Gasteiger partial charge on any atom is -0.462 e. The fourth-order valence-electron chi connectivity index (χ4n) is 9.59. The number of unbranched alkanes of at least 4 members (excludes halogenated alkanes) is 33. The Morgan fingerprint density at radius 3 is 0.778 bits per heavy atom. The number of hydrogen-bond donors (Lipinski definition) is 0. The van der Waals surface area contributed by atoms with Gasteiger partial charge < -0.3 is 14.2 Å². The molecule has 0 amide bonds. The number of carbonyl (C=O) groups excluding carboxylic acids is 3. The predicted molar refractivity (Wildman–Crippen MR) is 353 cm³/mol. The van der Waals surface area contributed by atoms with Crippen molar-refractivity contribution >= 4 is 17.9 Å². The fraction of sp³-hybridized carbons (Fsp3) is 0.720. The van der Waals surface area contributed by atoms with Crippen molar-refractivity contribution in [1.29, 1.82) is 0 Å². The van der Waals surface area contributed by atoms with Gasteiger partial charge in [0, 0.05) is 19.3 Å². The Kier molecular flexibility index (Phi) is 65.2. The lowest BCUT2D eigenvalue weighted by Gasteiger charge is -2.18. The molecule has 0 fully saturated rings. The summed E-state index contributed by atoms with van der Waals surface area (Å²) in [5, 5.41) is 0. The second-order valence-electron chi connectivity index (χ2n) is 22.7. The van der Waals surface area contributed by atoms with E-state index in [2.05, 4.69) is 130 Å². The molecule has 81 heavy (non-hydrogen) atoms. The van der Waals surface area contributed by atoms with Crippen LogP contribution < -0.4 is 0 Å². The average Bonchev–Trinajstić information content (AvgIpc) is 3.47. The summed E-state index contributed by atoms with van der Waals surface area (Å²) in [6, 6.07) is 0. The molecule has 0 aliphatic heterocycles. The molecule has 0 aromatic carbocycles. The summed E-state index contributed by atoms with van der Waals surface area (Å²) in [6.45, 7) is 6.50. The molecule has 0 aromatic heterocycles. The Bertz CT molecular complexity index is 1620. The van der Waals surface area contributed by atoms with Gasteiger partial charge in [-0.1, -0.05) is 291 Å². The zero-order valence-electron chi connectivity index (χ0n) is 53.3. The zero-order chi connectivity index (χ0) is 58.5. The van der Waals surface area contributed by atoms with Crippen LogP contribution in [0.2, 0.25) is 0 Å². The van der Waals surface area contributed by atoms with Crippen LogP contribution in [0.15, 0.2) is 109 Å². The van der Waals surface area contributed by atoms with Gasteiger partial charge in [-0.15, -0.1) is 0 Å². The molecule has 0 aromatic rings. The van der Waals surface area contributed by atoms with Crippen molar-refractivity contribution in [2.24, 2.45) is 0 Å². The van der Waals surface area contributed by atoms with E-state index in [-0.39, 0.29) is 31.1 Å². The van der Waals surface area contributed by atoms with E-state index in [4.69, 9.17) is 14.2 Å². The standard InChI is InChI=1S/C75H128O6/c1-4-7-10-13-16-19-22-25-28-31-33-34-35-36-37-38-39-40-42-44-47-50-53-56-59-62-65-68-74(77)80-71-72(70-79-73(76)67-64-61-58-55-52-49-46-43-30-27-24-21-18-15-12-9-6-3)81-75(78)69-66-63-60-57-54-51-48-45-41-32-29-26-23-20-17-14-11-8-5-2/h9,12,17-18,20-22,25-27,29-31,33,35-36,46,49,72H,4-8,10-11,13-16,19,23-24,28,32,34,37-45,47-48,50-71H2,1-3H3/b12-9-,20-17-,21-18-,25-22-,29-26-,30-27-,33-31-,36-35-,49-46-. The number of esters is 3. The van der Waals surface area contributed by atoms with Crippen LogP contribution in [0.3, 0.4) is 0 Å². The Balaban J connectivity index is 4.37. The van der Waals surface area contributed by atoms with Gasteiger partial charge in [-0.05, 0) is 128 Å². The first-order valence-corrected chi connectivity index (χ1v) is 34.4. The summed E-state index contributed by atoms with van der Waals surface area (Å²) in [5.74, 6) is -0.908. The van der Waals surface area contributed by atoms with Crippen molar-refractivity contribution in [2.75, 3.05) is 13.2 Å². The molecular formula is C75H128O6. The SMILES string of the molecule is CC/C=C\C/C=C\C/C=C\C/C=C\CCCCCCC(=O)OCC(COC(=O)CCCCCCCCCCCCCC/C=C\C/C=C\C/C=C\CCCCCCC)OC(=O)CCCCCCCCCCC/C=C\C/C=C\CCCCC. The maximum atomic E-state index is 12.9. The Morgan fingerprint density at radius 1 is 0.259 bits per heavy atom. The molecule has 0 saturated carbocycles. The lowest BCUT2D eigenvalue weighted by Crippen LogP contribution is -2.30. The van der Waals surface area contributed by atoms with E-state index in [1.165, 1.54) is 173 Å². The van der Waals surface area contributed by atoms with E-state index >= 15 is 0 Å². The first-order valence-electron chi connectivity index (χ1n) is 34.4. The van der Waals surface area contributed by atoms with Crippen LogP contribution in [-0.2, 0) is 28.6 Å². The summed E-state index contributed by atoms with van der Waals surface area (Å²) in [4.78, 5) is 38.4. The smallest absolute Gasteiger partial charge is 0.306 e. The molecule has 1 unspecified atom stereocenters. The third-order valence-electron chi connectivity index (χ3n) is 14.7. The van der Waals surface area contributed by atoms with Gasteiger partial charge in [0.25, 0.3) is 0 Å². The van der Waals surface area contributed by atoms with Crippen molar-refractivity contribution in [3.05, 3.63) is 109 Å². The van der Waals surface area contributed by atoms with Gasteiger partial charge in [0.05, 0.1) is 0 Å². The maximum absolute atomic E-state index is 12.9. The molecule has 0 bridgehead atoms. The molecule has 0 radical (unpaired) electrons. The average molecular weight is 1130 g/mol. The molecule has 0 saturated heterocycles. The molecular weight excluding hydrogens is 997 g/mol. The highest BCUT2D eigenvalue weighted by Crippen LogP contribution is 2.16. The first-order chi connectivity index (χ1) is 40.0. The summed E-state index contributed by atoms with van der Waals surface area (Å²) < 4.78 is 17.0. The predicted octanol–water partition coefficient (Wildman–Crippen LogP) is 23.8. The van der Waals surface area contributed by atoms with Gasteiger partial charge in [0.2, 0.25) is 0 Å². The summed E-state index contributed by atoms with van der Waals surface area (Å²) in [6.07, 6.45) is 93.9. The van der Waals surface area contributed by atoms with Crippen LogP contribution in [0.1, 0.15) is 329 Å². The van der Waals surface area contributed by atoms with E-state index in [1.807, 2.05) is 0 Å². The Labute approximate surface area is 501 Å². The van der Waals surface area contributed by atoms with Crippen LogP contribution >= 0.6 is 0 Å². The number of carbonyl (C=O) groups is 3. The lowest BCUT2D eigenvalue weighted by molar-refractivity contribution is -0.167. The fourth-order valence-corrected chi connectivity index (χ4v) is 9.59. The van der Waals surface area contributed by atoms with E-state index in [9.17, 15) is 14.4 Å². The Hall–Kier alpha value is -3.93. The molecule has 0 N–H and O–H groups in total. The molecule has 0 spiro atoms. The second-order valence-corrected chi connectivity index (χ2v) is 22.7. The molecule has 464 valence electrons. The number of ether oxygens (including phenoxy) is 3. The molecule has 0 heterocycles. The van der Waals surface area contributed by atoms with E-state index in [0.29, 0.717) is 19.3 Å². The van der Waals surface area contributed by atoms with Crippen molar-refractivity contribution < 1.29 is 28.6 Å². The summed E-state index contributed by atoms with van der Waals surface area (Å²) >= 11 is 0. The number of rotatable bonds is 62. The minimum atomic E-state index is -0.795. The van der Waals surface area contributed by atoms with Crippen LogP contribution in [0, 0.1) is 0 Å². The third kappa shape index (κ3) is 66.8. The molecule has 0 aliphatic carbocycles. The highest BCUT2D eigenvalue weighted by molar-refractivity contribution is 5.71.